The Labute approximate surface area is 182 Å². The number of hydrogen-bond acceptors (Lipinski definition) is 7. The predicted molar refractivity (Wildman–Crippen MR) is 119 cm³/mol. The van der Waals surface area contributed by atoms with E-state index in [0.29, 0.717) is 17.1 Å². The Hall–Kier alpha value is -4.05. The highest BCUT2D eigenvalue weighted by atomic mass is 32.3. The smallest absolute Gasteiger partial charge is 0.309 e. The zero-order chi connectivity index (χ0) is 22.7. The Morgan fingerprint density at radius 3 is 1.81 bits per heavy atom. The van der Waals surface area contributed by atoms with Crippen molar-refractivity contribution in [2.45, 2.75) is 4.90 Å². The van der Waals surface area contributed by atoms with Gasteiger partial charge in [-0.1, -0.05) is 36.4 Å². The van der Waals surface area contributed by atoms with Crippen LogP contribution in [0.4, 0.5) is 26.6 Å². The molecule has 4 aromatic rings. The summed E-state index contributed by atoms with van der Waals surface area (Å²) < 4.78 is 39.0. The minimum atomic E-state index is -5.24. The molecule has 10 heteroatoms. The van der Waals surface area contributed by atoms with Crippen molar-refractivity contribution in [2.75, 3.05) is 0 Å². The largest absolute Gasteiger partial charge is 0.335 e. The number of aryl methyl sites for hydroxylation is 1. The number of benzene rings is 3. The predicted octanol–water partition coefficient (Wildman–Crippen LogP) is 6.03. The highest BCUT2D eigenvalue weighted by Crippen LogP contribution is 2.32. The molecule has 0 N–H and O–H groups in total. The summed E-state index contributed by atoms with van der Waals surface area (Å²) in [5.74, 6) is 0. The van der Waals surface area contributed by atoms with Gasteiger partial charge in [-0.05, 0) is 42.5 Å². The second-order valence-corrected chi connectivity index (χ2v) is 8.03. The van der Waals surface area contributed by atoms with Crippen LogP contribution in [0.15, 0.2) is 109 Å². The average molecular weight is 449 g/mol. The lowest BCUT2D eigenvalue weighted by atomic mass is 10.2. The van der Waals surface area contributed by atoms with E-state index in [1.807, 2.05) is 30.3 Å². The van der Waals surface area contributed by atoms with E-state index in [2.05, 4.69) is 20.5 Å². The van der Waals surface area contributed by atoms with Crippen LogP contribution in [0.1, 0.15) is 0 Å². The number of rotatable bonds is 5. The van der Waals surface area contributed by atoms with Crippen LogP contribution in [-0.2, 0) is 17.3 Å². The Balaban J connectivity index is 1.71. The molecular formula is C22H16FN5O3S. The summed E-state index contributed by atoms with van der Waals surface area (Å²) in [6, 6.07) is 21.7. The van der Waals surface area contributed by atoms with Gasteiger partial charge < -0.3 is 4.57 Å². The van der Waals surface area contributed by atoms with Crippen molar-refractivity contribution in [3.05, 3.63) is 89.2 Å². The molecule has 1 aromatic heterocycles. The highest BCUT2D eigenvalue weighted by molar-refractivity contribution is 7.86. The van der Waals surface area contributed by atoms with Gasteiger partial charge in [0.25, 0.3) is 5.56 Å². The van der Waals surface area contributed by atoms with Crippen LogP contribution in [0, 0.1) is 0 Å². The molecule has 8 nitrogen and oxygen atoms in total. The molecule has 3 aromatic carbocycles. The van der Waals surface area contributed by atoms with Crippen molar-refractivity contribution in [1.29, 1.82) is 0 Å². The second-order valence-electron chi connectivity index (χ2n) is 6.75. The standard InChI is InChI=1S/C22H16FN5O3S/c1-28-19-10-6-5-9-18(19)21(32(23,30)31)20(22(28)29)27-26-17-13-11-16(12-14-17)25-24-15-7-3-2-4-8-15/h2-14H,1H3. The summed E-state index contributed by atoms with van der Waals surface area (Å²) in [5, 5.41) is 16.0. The Bertz CT molecular complexity index is 1510. The Morgan fingerprint density at radius 2 is 1.22 bits per heavy atom. The van der Waals surface area contributed by atoms with Crippen LogP contribution >= 0.6 is 0 Å². The van der Waals surface area contributed by atoms with Crippen molar-refractivity contribution < 1.29 is 12.3 Å². The summed E-state index contributed by atoms with van der Waals surface area (Å²) in [6.45, 7) is 0. The normalized spacial score (nSPS) is 12.2. The van der Waals surface area contributed by atoms with E-state index in [0.717, 1.165) is 0 Å². The summed E-state index contributed by atoms with van der Waals surface area (Å²) in [5.41, 5.74) is 0.463. The number of fused-ring (bicyclic) bond motifs is 1. The maximum absolute atomic E-state index is 14.1. The summed E-state index contributed by atoms with van der Waals surface area (Å²) in [7, 11) is -3.79. The lowest BCUT2D eigenvalue weighted by Gasteiger charge is -2.09. The molecule has 0 radical (unpaired) electrons. The number of azo groups is 2. The van der Waals surface area contributed by atoms with Crippen LogP contribution in [-0.4, -0.2) is 13.0 Å². The lowest BCUT2D eigenvalue weighted by Crippen LogP contribution is -2.19. The molecule has 0 spiro atoms. The molecular weight excluding hydrogens is 433 g/mol. The van der Waals surface area contributed by atoms with Crippen LogP contribution in [0.25, 0.3) is 10.9 Å². The van der Waals surface area contributed by atoms with Gasteiger partial charge in [-0.2, -0.15) is 23.8 Å². The molecule has 0 unspecified atom stereocenters. The molecule has 32 heavy (non-hydrogen) atoms. The molecule has 0 bridgehead atoms. The van der Waals surface area contributed by atoms with E-state index in [4.69, 9.17) is 0 Å². The summed E-state index contributed by atoms with van der Waals surface area (Å²) in [6.07, 6.45) is 0. The quantitative estimate of drug-likeness (QED) is 0.274. The van der Waals surface area contributed by atoms with E-state index in [-0.39, 0.29) is 10.9 Å². The molecule has 0 aliphatic heterocycles. The van der Waals surface area contributed by atoms with E-state index in [1.54, 1.807) is 36.4 Å². The van der Waals surface area contributed by atoms with Crippen LogP contribution < -0.4 is 5.56 Å². The number of para-hydroxylation sites is 1. The first-order valence-electron chi connectivity index (χ1n) is 9.39. The molecule has 0 aliphatic carbocycles. The number of pyridine rings is 1. The number of halogens is 1. The van der Waals surface area contributed by atoms with Gasteiger partial charge in [0.15, 0.2) is 5.69 Å². The zero-order valence-corrected chi connectivity index (χ0v) is 17.6. The van der Waals surface area contributed by atoms with E-state index < -0.39 is 26.4 Å². The minimum absolute atomic E-state index is 0.0442. The maximum Gasteiger partial charge on any atom is 0.335 e. The lowest BCUT2D eigenvalue weighted by molar-refractivity contribution is 0.553. The maximum atomic E-state index is 14.1. The first-order valence-corrected chi connectivity index (χ1v) is 10.8. The fourth-order valence-electron chi connectivity index (χ4n) is 3.09. The molecule has 0 aliphatic rings. The third-order valence-corrected chi connectivity index (χ3v) is 5.53. The Kier molecular flexibility index (Phi) is 5.69. The van der Waals surface area contributed by atoms with Crippen LogP contribution in [0.3, 0.4) is 0 Å². The fraction of sp³-hybridized carbons (Fsp3) is 0.0455. The van der Waals surface area contributed by atoms with Gasteiger partial charge in [-0.3, -0.25) is 4.79 Å². The number of aromatic nitrogens is 1. The van der Waals surface area contributed by atoms with Gasteiger partial charge in [-0.25, -0.2) is 0 Å². The molecule has 160 valence electrons. The molecule has 0 atom stereocenters. The van der Waals surface area contributed by atoms with E-state index in [1.165, 1.54) is 23.7 Å². The van der Waals surface area contributed by atoms with Crippen LogP contribution in [0.2, 0.25) is 0 Å². The first-order chi connectivity index (χ1) is 15.3. The third kappa shape index (κ3) is 4.35. The SMILES string of the molecule is Cn1c(=O)c(N=Nc2ccc(N=Nc3ccccc3)cc2)c(S(=O)(=O)F)c2ccccc21. The fourth-order valence-corrected chi connectivity index (χ4v) is 3.88. The van der Waals surface area contributed by atoms with Gasteiger partial charge in [0, 0.05) is 12.4 Å². The third-order valence-electron chi connectivity index (χ3n) is 4.63. The highest BCUT2D eigenvalue weighted by Gasteiger charge is 2.25. The monoisotopic (exact) mass is 449 g/mol. The average Bonchev–Trinajstić information content (AvgIpc) is 2.79. The van der Waals surface area contributed by atoms with Crippen molar-refractivity contribution in [2.24, 2.45) is 27.5 Å². The van der Waals surface area contributed by atoms with Crippen molar-refractivity contribution in [1.82, 2.24) is 4.57 Å². The van der Waals surface area contributed by atoms with Crippen LogP contribution in [0.5, 0.6) is 0 Å². The zero-order valence-electron chi connectivity index (χ0n) is 16.8. The molecule has 0 saturated carbocycles. The second kappa shape index (κ2) is 8.60. The molecule has 1 heterocycles. The van der Waals surface area contributed by atoms with Gasteiger partial charge >= 0.3 is 10.2 Å². The minimum Gasteiger partial charge on any atom is -0.309 e. The summed E-state index contributed by atoms with van der Waals surface area (Å²) in [4.78, 5) is 11.9. The van der Waals surface area contributed by atoms with E-state index >= 15 is 0 Å². The number of nitrogens with zero attached hydrogens (tertiary/aromatic N) is 5. The van der Waals surface area contributed by atoms with E-state index in [9.17, 15) is 17.1 Å². The van der Waals surface area contributed by atoms with Crippen molar-refractivity contribution in [3.63, 3.8) is 0 Å². The van der Waals surface area contributed by atoms with Crippen molar-refractivity contribution >= 4 is 43.9 Å². The molecule has 0 fully saturated rings. The van der Waals surface area contributed by atoms with Gasteiger partial charge in [-0.15, -0.1) is 9.00 Å². The Morgan fingerprint density at radius 1 is 0.719 bits per heavy atom. The van der Waals surface area contributed by atoms with Crippen molar-refractivity contribution in [3.8, 4) is 0 Å². The summed E-state index contributed by atoms with van der Waals surface area (Å²) >= 11 is 0. The van der Waals surface area contributed by atoms with Gasteiger partial charge in [0.1, 0.15) is 4.90 Å². The topological polar surface area (TPSA) is 106 Å². The molecule has 0 amide bonds. The van der Waals surface area contributed by atoms with Gasteiger partial charge in [0.2, 0.25) is 0 Å². The number of hydrogen-bond donors (Lipinski definition) is 0. The molecule has 0 saturated heterocycles. The first kappa shape index (κ1) is 21.2. The molecule has 4 rings (SSSR count). The van der Waals surface area contributed by atoms with Gasteiger partial charge in [0.05, 0.1) is 22.6 Å².